The molecule has 88 valence electrons. The number of carbonyl (C=O) groups excluding carboxylic acids is 1. The summed E-state index contributed by atoms with van der Waals surface area (Å²) in [6.45, 7) is 0.587. The Morgan fingerprint density at radius 2 is 2.29 bits per heavy atom. The van der Waals surface area contributed by atoms with Crippen LogP contribution < -0.4 is 11.1 Å². The van der Waals surface area contributed by atoms with Gasteiger partial charge in [-0.05, 0) is 12.1 Å². The maximum absolute atomic E-state index is 10.8. The van der Waals surface area contributed by atoms with Gasteiger partial charge in [-0.3, -0.25) is 4.79 Å². The van der Waals surface area contributed by atoms with Crippen LogP contribution in [0.1, 0.15) is 16.3 Å². The second kappa shape index (κ2) is 5.01. The van der Waals surface area contributed by atoms with Gasteiger partial charge in [0.15, 0.2) is 11.5 Å². The zero-order chi connectivity index (χ0) is 12.1. The first kappa shape index (κ1) is 11.0. The highest BCUT2D eigenvalue weighted by Gasteiger charge is 2.03. The normalized spacial score (nSPS) is 10.1. The van der Waals surface area contributed by atoms with Gasteiger partial charge in [-0.15, -0.1) is 10.2 Å². The van der Waals surface area contributed by atoms with E-state index in [-0.39, 0.29) is 5.69 Å². The summed E-state index contributed by atoms with van der Waals surface area (Å²) in [4.78, 5) is 14.6. The Balaban J connectivity index is 1.85. The molecule has 3 N–H and O–H groups in total. The number of hydrogen-bond donors (Lipinski definition) is 2. The molecule has 0 bridgehead atoms. The minimum Gasteiger partial charge on any atom is -0.368 e. The van der Waals surface area contributed by atoms with Gasteiger partial charge in [0.25, 0.3) is 5.91 Å². The number of aromatic nitrogens is 4. The molecule has 0 unspecified atom stereocenters. The summed E-state index contributed by atoms with van der Waals surface area (Å²) >= 11 is 0. The van der Waals surface area contributed by atoms with Crippen molar-refractivity contribution in [2.45, 2.75) is 6.42 Å². The number of hydrogen-bond acceptors (Lipinski definition) is 7. The van der Waals surface area contributed by atoms with E-state index in [2.05, 4.69) is 30.2 Å². The van der Waals surface area contributed by atoms with E-state index >= 15 is 0 Å². The fourth-order valence-corrected chi connectivity index (χ4v) is 1.16. The van der Waals surface area contributed by atoms with Crippen LogP contribution >= 0.6 is 0 Å². The highest BCUT2D eigenvalue weighted by Crippen LogP contribution is 2.01. The number of carbonyl (C=O) groups is 1. The van der Waals surface area contributed by atoms with Crippen molar-refractivity contribution in [1.82, 2.24) is 20.3 Å². The van der Waals surface area contributed by atoms with Crippen molar-refractivity contribution in [3.05, 3.63) is 30.0 Å². The molecule has 0 fully saturated rings. The average molecular weight is 234 g/mol. The Labute approximate surface area is 96.2 Å². The lowest BCUT2D eigenvalue weighted by atomic mass is 10.3. The molecule has 8 nitrogen and oxygen atoms in total. The molecule has 0 aromatic carbocycles. The van der Waals surface area contributed by atoms with Crippen LogP contribution in [-0.2, 0) is 6.42 Å². The first-order valence-electron chi connectivity index (χ1n) is 4.88. The number of rotatable bonds is 5. The van der Waals surface area contributed by atoms with Crippen molar-refractivity contribution >= 4 is 11.7 Å². The van der Waals surface area contributed by atoms with E-state index in [0.29, 0.717) is 24.6 Å². The second-order valence-corrected chi connectivity index (χ2v) is 3.19. The van der Waals surface area contributed by atoms with Crippen molar-refractivity contribution in [2.75, 3.05) is 11.9 Å². The van der Waals surface area contributed by atoms with Crippen LogP contribution in [0.4, 0.5) is 5.82 Å². The Morgan fingerprint density at radius 1 is 1.41 bits per heavy atom. The van der Waals surface area contributed by atoms with Crippen molar-refractivity contribution in [3.8, 4) is 0 Å². The smallest absolute Gasteiger partial charge is 0.269 e. The highest BCUT2D eigenvalue weighted by atomic mass is 16.5. The average Bonchev–Trinajstić information content (AvgIpc) is 2.83. The molecule has 1 amide bonds. The van der Waals surface area contributed by atoms with Gasteiger partial charge < -0.3 is 15.6 Å². The van der Waals surface area contributed by atoms with Crippen molar-refractivity contribution in [2.24, 2.45) is 5.73 Å². The topological polar surface area (TPSA) is 120 Å². The summed E-state index contributed by atoms with van der Waals surface area (Å²) < 4.78 is 4.59. The minimum absolute atomic E-state index is 0.133. The fraction of sp³-hybridized carbons (Fsp3) is 0.222. The van der Waals surface area contributed by atoms with E-state index in [1.54, 1.807) is 6.07 Å². The van der Waals surface area contributed by atoms with Gasteiger partial charge in [0.05, 0.1) is 0 Å². The molecule has 0 saturated carbocycles. The Hall–Kier alpha value is -2.51. The summed E-state index contributed by atoms with van der Waals surface area (Å²) in [7, 11) is 0. The van der Waals surface area contributed by atoms with E-state index in [9.17, 15) is 4.79 Å². The molecular weight excluding hydrogens is 224 g/mol. The summed E-state index contributed by atoms with van der Waals surface area (Å²) in [5.41, 5.74) is 5.17. The lowest BCUT2D eigenvalue weighted by molar-refractivity contribution is 0.0994. The third-order valence-electron chi connectivity index (χ3n) is 1.98. The standard InChI is InChI=1S/C9H10N6O2/c10-9(16)6-1-2-7(14-13-6)11-4-3-8-12-5-17-15-8/h1-2,5H,3-4H2,(H2,10,16)(H,11,14). The van der Waals surface area contributed by atoms with Crippen LogP contribution in [0.5, 0.6) is 0 Å². The van der Waals surface area contributed by atoms with E-state index in [4.69, 9.17) is 5.73 Å². The molecule has 0 aliphatic rings. The van der Waals surface area contributed by atoms with Crippen molar-refractivity contribution in [1.29, 1.82) is 0 Å². The zero-order valence-corrected chi connectivity index (χ0v) is 8.83. The van der Waals surface area contributed by atoms with E-state index in [1.165, 1.54) is 12.5 Å². The number of primary amides is 1. The van der Waals surface area contributed by atoms with Gasteiger partial charge in [-0.1, -0.05) is 5.16 Å². The van der Waals surface area contributed by atoms with Gasteiger partial charge in [-0.2, -0.15) is 4.98 Å². The van der Waals surface area contributed by atoms with Crippen LogP contribution in [0.25, 0.3) is 0 Å². The van der Waals surface area contributed by atoms with Crippen LogP contribution in [0, 0.1) is 0 Å². The van der Waals surface area contributed by atoms with Crippen molar-refractivity contribution < 1.29 is 9.32 Å². The number of anilines is 1. The molecular formula is C9H10N6O2. The third-order valence-corrected chi connectivity index (χ3v) is 1.98. The summed E-state index contributed by atoms with van der Waals surface area (Å²) in [6, 6.07) is 3.13. The molecule has 2 aromatic rings. The molecule has 17 heavy (non-hydrogen) atoms. The van der Waals surface area contributed by atoms with Gasteiger partial charge in [0, 0.05) is 13.0 Å². The second-order valence-electron chi connectivity index (χ2n) is 3.19. The van der Waals surface area contributed by atoms with Gasteiger partial charge >= 0.3 is 0 Å². The predicted molar refractivity (Wildman–Crippen MR) is 57.0 cm³/mol. The van der Waals surface area contributed by atoms with Crippen LogP contribution in [-0.4, -0.2) is 32.8 Å². The minimum atomic E-state index is -0.601. The van der Waals surface area contributed by atoms with Crippen molar-refractivity contribution in [3.63, 3.8) is 0 Å². The first-order valence-corrected chi connectivity index (χ1v) is 4.88. The zero-order valence-electron chi connectivity index (χ0n) is 8.83. The molecule has 2 heterocycles. The first-order chi connectivity index (χ1) is 8.25. The molecule has 2 rings (SSSR count). The molecule has 0 aliphatic carbocycles. The van der Waals surface area contributed by atoms with Gasteiger partial charge in [0.1, 0.15) is 5.82 Å². The molecule has 0 atom stereocenters. The van der Waals surface area contributed by atoms with E-state index < -0.39 is 5.91 Å². The van der Waals surface area contributed by atoms with Gasteiger partial charge in [-0.25, -0.2) is 0 Å². The SMILES string of the molecule is NC(=O)c1ccc(NCCc2ncon2)nn1. The summed E-state index contributed by atoms with van der Waals surface area (Å²) in [6.07, 6.45) is 1.88. The maximum atomic E-state index is 10.8. The largest absolute Gasteiger partial charge is 0.368 e. The predicted octanol–water partition coefficient (Wildman–Crippen LogP) is -0.387. The fourth-order valence-electron chi connectivity index (χ4n) is 1.16. The van der Waals surface area contributed by atoms with Crippen LogP contribution in [0.2, 0.25) is 0 Å². The molecule has 0 saturated heterocycles. The quantitative estimate of drug-likeness (QED) is 0.722. The lowest BCUT2D eigenvalue weighted by Gasteiger charge is -2.02. The highest BCUT2D eigenvalue weighted by molar-refractivity contribution is 5.90. The summed E-state index contributed by atoms with van der Waals surface area (Å²) in [5, 5.41) is 14.1. The third kappa shape index (κ3) is 2.97. The Kier molecular flexibility index (Phi) is 3.24. The Morgan fingerprint density at radius 3 is 2.88 bits per heavy atom. The maximum Gasteiger partial charge on any atom is 0.269 e. The number of nitrogens with zero attached hydrogens (tertiary/aromatic N) is 4. The van der Waals surface area contributed by atoms with Crippen LogP contribution in [0.3, 0.4) is 0 Å². The Bertz CT molecular complexity index is 481. The summed E-state index contributed by atoms with van der Waals surface area (Å²) in [5.74, 6) is 0.563. The monoisotopic (exact) mass is 234 g/mol. The molecule has 8 heteroatoms. The number of amides is 1. The van der Waals surface area contributed by atoms with Gasteiger partial charge in [0.2, 0.25) is 6.39 Å². The molecule has 0 radical (unpaired) electrons. The molecule has 0 aliphatic heterocycles. The van der Waals surface area contributed by atoms with E-state index in [1.807, 2.05) is 0 Å². The van der Waals surface area contributed by atoms with Crippen LogP contribution in [0.15, 0.2) is 23.0 Å². The number of nitrogens with two attached hydrogens (primary N) is 1. The molecule has 0 spiro atoms. The lowest BCUT2D eigenvalue weighted by Crippen LogP contribution is -2.14. The number of nitrogens with one attached hydrogen (secondary N) is 1. The van der Waals surface area contributed by atoms with E-state index in [0.717, 1.165) is 0 Å². The molecule has 2 aromatic heterocycles.